The van der Waals surface area contributed by atoms with Crippen molar-refractivity contribution in [2.24, 2.45) is 23.1 Å². The molecule has 0 aliphatic heterocycles. The standard InChI is InChI=1S/C34H56N8O8/c1-5-10-24(30(45)41-27(19-22-13-15-23(43)16-14-22)33(48)42-28(20(2)3)34(49)50)39-32(47)26(12-7-9-18-36)40-31(46)25(11-6-8-17-35)38-29(44)21(4)37/h5,13-16,20-21,24-28,43H,1,6-12,17-19,35-37H2,2-4H3,(H,38,44)(H,39,47)(H,40,46)(H,41,45)(H,42,48)(H,49,50)/t21-,24-,25-,26-,27-,28-/m0/s1. The number of phenolic OH excluding ortho intramolecular Hbond substituents is 1. The van der Waals surface area contributed by atoms with Crippen LogP contribution >= 0.6 is 0 Å². The summed E-state index contributed by atoms with van der Waals surface area (Å²) < 4.78 is 0. The number of amides is 5. The van der Waals surface area contributed by atoms with Crippen LogP contribution in [0.1, 0.15) is 71.3 Å². The molecule has 13 N–H and O–H groups in total. The maximum Gasteiger partial charge on any atom is 0.326 e. The smallest absolute Gasteiger partial charge is 0.326 e. The number of carbonyl (C=O) groups excluding carboxylic acids is 5. The fraction of sp³-hybridized carbons (Fsp3) is 0.588. The Morgan fingerprint density at radius 2 is 1.14 bits per heavy atom. The molecular formula is C34H56N8O8. The van der Waals surface area contributed by atoms with Gasteiger partial charge in [-0.1, -0.05) is 32.1 Å². The first-order chi connectivity index (χ1) is 23.6. The van der Waals surface area contributed by atoms with E-state index in [0.717, 1.165) is 0 Å². The first-order valence-corrected chi connectivity index (χ1v) is 16.9. The van der Waals surface area contributed by atoms with E-state index in [9.17, 15) is 39.0 Å². The van der Waals surface area contributed by atoms with Crippen LogP contribution in [-0.2, 0) is 35.2 Å². The molecule has 0 aromatic heterocycles. The second kappa shape index (κ2) is 23.0. The minimum absolute atomic E-state index is 0.00963. The highest BCUT2D eigenvalue weighted by Crippen LogP contribution is 2.13. The summed E-state index contributed by atoms with van der Waals surface area (Å²) in [4.78, 5) is 78.2. The number of hydrogen-bond donors (Lipinski definition) is 10. The number of carboxylic acids is 1. The van der Waals surface area contributed by atoms with Gasteiger partial charge in [-0.15, -0.1) is 6.58 Å². The molecule has 0 spiro atoms. The summed E-state index contributed by atoms with van der Waals surface area (Å²) in [6, 6.07) is -0.791. The minimum atomic E-state index is -1.26. The highest BCUT2D eigenvalue weighted by atomic mass is 16.4. The van der Waals surface area contributed by atoms with Gasteiger partial charge in [0.15, 0.2) is 0 Å². The van der Waals surface area contributed by atoms with E-state index in [1.54, 1.807) is 26.0 Å². The van der Waals surface area contributed by atoms with E-state index in [-0.39, 0.29) is 31.4 Å². The molecule has 16 nitrogen and oxygen atoms in total. The lowest BCUT2D eigenvalue weighted by Gasteiger charge is -2.27. The monoisotopic (exact) mass is 704 g/mol. The Balaban J connectivity index is 3.28. The summed E-state index contributed by atoms with van der Waals surface area (Å²) in [6.07, 6.45) is 3.87. The van der Waals surface area contributed by atoms with Crippen molar-refractivity contribution in [1.29, 1.82) is 0 Å². The molecule has 0 saturated carbocycles. The van der Waals surface area contributed by atoms with Crippen LogP contribution in [-0.4, -0.2) is 95.1 Å². The summed E-state index contributed by atoms with van der Waals surface area (Å²) in [5, 5.41) is 32.4. The number of nitrogens with one attached hydrogen (secondary N) is 5. The van der Waals surface area contributed by atoms with Gasteiger partial charge in [0, 0.05) is 6.42 Å². The van der Waals surface area contributed by atoms with E-state index >= 15 is 0 Å². The third kappa shape index (κ3) is 15.8. The lowest BCUT2D eigenvalue weighted by Crippen LogP contribution is -2.59. The van der Waals surface area contributed by atoms with Crippen LogP contribution in [0.5, 0.6) is 5.75 Å². The Bertz CT molecular complexity index is 1270. The van der Waals surface area contributed by atoms with Crippen molar-refractivity contribution < 1.29 is 39.0 Å². The lowest BCUT2D eigenvalue weighted by atomic mass is 10.0. The topological polar surface area (TPSA) is 281 Å². The van der Waals surface area contributed by atoms with Crippen molar-refractivity contribution in [1.82, 2.24) is 26.6 Å². The second-order valence-electron chi connectivity index (χ2n) is 12.6. The van der Waals surface area contributed by atoms with Crippen molar-refractivity contribution in [3.8, 4) is 5.75 Å². The highest BCUT2D eigenvalue weighted by molar-refractivity contribution is 5.96. The van der Waals surface area contributed by atoms with Crippen molar-refractivity contribution >= 4 is 35.5 Å². The Hall–Kier alpha value is -4.54. The molecule has 0 bridgehead atoms. The zero-order chi connectivity index (χ0) is 37.8. The molecule has 16 heteroatoms. The molecule has 1 aromatic carbocycles. The normalized spacial score (nSPS) is 14.6. The Labute approximate surface area is 293 Å². The number of benzene rings is 1. The van der Waals surface area contributed by atoms with Crippen LogP contribution in [0.3, 0.4) is 0 Å². The van der Waals surface area contributed by atoms with Crippen LogP contribution in [0, 0.1) is 5.92 Å². The maximum absolute atomic E-state index is 13.7. The lowest BCUT2D eigenvalue weighted by molar-refractivity contribution is -0.143. The van der Waals surface area contributed by atoms with Crippen LogP contribution in [0.15, 0.2) is 36.9 Å². The molecule has 1 rings (SSSR count). The van der Waals surface area contributed by atoms with Gasteiger partial charge >= 0.3 is 5.97 Å². The van der Waals surface area contributed by atoms with Crippen molar-refractivity contribution in [3.05, 3.63) is 42.5 Å². The summed E-state index contributed by atoms with van der Waals surface area (Å²) in [5.74, 6) is -5.10. The molecule has 0 fully saturated rings. The van der Waals surface area contributed by atoms with Gasteiger partial charge in [0.2, 0.25) is 29.5 Å². The quantitative estimate of drug-likeness (QED) is 0.0473. The summed E-state index contributed by atoms with van der Waals surface area (Å²) >= 11 is 0. The second-order valence-corrected chi connectivity index (χ2v) is 12.6. The number of nitrogens with two attached hydrogens (primary N) is 3. The number of aliphatic carboxylic acids is 1. The number of rotatable bonds is 24. The predicted octanol–water partition coefficient (Wildman–Crippen LogP) is -0.719. The zero-order valence-electron chi connectivity index (χ0n) is 29.3. The number of unbranched alkanes of at least 4 members (excludes halogenated alkanes) is 2. The van der Waals surface area contributed by atoms with Gasteiger partial charge < -0.3 is 54.0 Å². The number of carbonyl (C=O) groups is 6. The van der Waals surface area contributed by atoms with E-state index in [4.69, 9.17) is 17.2 Å². The maximum atomic E-state index is 13.7. The van der Waals surface area contributed by atoms with E-state index in [2.05, 4.69) is 33.2 Å². The van der Waals surface area contributed by atoms with Crippen molar-refractivity contribution in [2.75, 3.05) is 13.1 Å². The van der Waals surface area contributed by atoms with Gasteiger partial charge in [-0.05, 0) is 88.6 Å². The van der Waals surface area contributed by atoms with Crippen LogP contribution < -0.4 is 43.8 Å². The van der Waals surface area contributed by atoms with E-state index < -0.39 is 77.7 Å². The first-order valence-electron chi connectivity index (χ1n) is 16.9. The molecule has 50 heavy (non-hydrogen) atoms. The van der Waals surface area contributed by atoms with Gasteiger partial charge in [-0.3, -0.25) is 24.0 Å². The van der Waals surface area contributed by atoms with Crippen LogP contribution in [0.25, 0.3) is 0 Å². The number of hydrogen-bond acceptors (Lipinski definition) is 10. The third-order valence-electron chi connectivity index (χ3n) is 7.85. The number of aromatic hydroxyl groups is 1. The summed E-state index contributed by atoms with van der Waals surface area (Å²) in [6.45, 7) is 9.14. The molecule has 6 atom stereocenters. The van der Waals surface area contributed by atoms with Gasteiger partial charge in [0.1, 0.15) is 36.0 Å². The molecule has 0 saturated heterocycles. The minimum Gasteiger partial charge on any atom is -0.508 e. The molecule has 0 aliphatic rings. The first kappa shape index (κ1) is 43.5. The van der Waals surface area contributed by atoms with E-state index in [1.807, 2.05) is 0 Å². The molecule has 280 valence electrons. The van der Waals surface area contributed by atoms with Crippen LogP contribution in [0.2, 0.25) is 0 Å². The van der Waals surface area contributed by atoms with Crippen molar-refractivity contribution in [2.45, 2.75) is 108 Å². The number of phenols is 1. The average molecular weight is 705 g/mol. The molecule has 0 unspecified atom stereocenters. The third-order valence-corrected chi connectivity index (χ3v) is 7.85. The zero-order valence-corrected chi connectivity index (χ0v) is 29.3. The van der Waals surface area contributed by atoms with Gasteiger partial charge in [0.05, 0.1) is 6.04 Å². The molecule has 5 amide bonds. The molecule has 0 radical (unpaired) electrons. The van der Waals surface area contributed by atoms with Crippen LogP contribution in [0.4, 0.5) is 0 Å². The predicted molar refractivity (Wildman–Crippen MR) is 188 cm³/mol. The average Bonchev–Trinajstić information content (AvgIpc) is 3.06. The Morgan fingerprint density at radius 3 is 1.58 bits per heavy atom. The fourth-order valence-electron chi connectivity index (χ4n) is 4.89. The fourth-order valence-corrected chi connectivity index (χ4v) is 4.89. The SMILES string of the molecule is C=CC[C@H](NC(=O)[C@H](CCCCN)NC(=O)[C@H](CCCCN)NC(=O)[C@H](C)N)C(=O)N[C@@H](Cc1ccc(O)cc1)C(=O)N[C@H](C(=O)O)C(C)C. The molecule has 0 heterocycles. The summed E-state index contributed by atoms with van der Waals surface area (Å²) in [5.41, 5.74) is 17.5. The van der Waals surface area contributed by atoms with E-state index in [1.165, 1.54) is 25.1 Å². The van der Waals surface area contributed by atoms with E-state index in [0.29, 0.717) is 44.3 Å². The van der Waals surface area contributed by atoms with Gasteiger partial charge in [0.25, 0.3) is 0 Å². The summed E-state index contributed by atoms with van der Waals surface area (Å²) in [7, 11) is 0. The molecule has 1 aromatic rings. The van der Waals surface area contributed by atoms with Gasteiger partial charge in [-0.25, -0.2) is 4.79 Å². The highest BCUT2D eigenvalue weighted by Gasteiger charge is 2.33. The Morgan fingerprint density at radius 1 is 0.700 bits per heavy atom. The largest absolute Gasteiger partial charge is 0.508 e. The Kier molecular flexibility index (Phi) is 20.0. The van der Waals surface area contributed by atoms with Gasteiger partial charge in [-0.2, -0.15) is 0 Å². The van der Waals surface area contributed by atoms with Crippen molar-refractivity contribution in [3.63, 3.8) is 0 Å². The molecular weight excluding hydrogens is 648 g/mol. The number of carboxylic acid groups (broad SMARTS) is 1. The molecule has 0 aliphatic carbocycles.